The number of ketones is 1. The van der Waals surface area contributed by atoms with E-state index >= 15 is 0 Å². The molecule has 6 heteroatoms. The van der Waals surface area contributed by atoms with Gasteiger partial charge >= 0.3 is 0 Å². The van der Waals surface area contributed by atoms with Crippen LogP contribution in [0.2, 0.25) is 0 Å². The maximum absolute atomic E-state index is 14.0. The van der Waals surface area contributed by atoms with E-state index in [1.54, 1.807) is 12.1 Å². The second-order valence-electron chi connectivity index (χ2n) is 9.73. The van der Waals surface area contributed by atoms with Gasteiger partial charge in [-0.05, 0) is 67.2 Å². The number of Topliss-reactive ketones (excluding diaryl/α,β-unsaturated/α-hetero) is 1. The molecule has 2 fully saturated rings. The Balaban J connectivity index is 1.50. The normalized spacial score (nSPS) is 27.1. The number of hydrogen-bond donors (Lipinski definition) is 0. The lowest BCUT2D eigenvalue weighted by Gasteiger charge is -2.38. The topological polar surface area (TPSA) is 57.7 Å². The van der Waals surface area contributed by atoms with Crippen molar-refractivity contribution >= 4 is 39.2 Å². The quantitative estimate of drug-likeness (QED) is 0.403. The molecule has 3 aliphatic heterocycles. The van der Waals surface area contributed by atoms with Crippen LogP contribution in [0.15, 0.2) is 82.5 Å². The molecule has 3 heterocycles. The zero-order valence-corrected chi connectivity index (χ0v) is 21.2. The predicted octanol–water partition coefficient (Wildman–Crippen LogP) is 5.24. The molecular formula is C29H25BrN2O3. The van der Waals surface area contributed by atoms with E-state index in [1.165, 1.54) is 4.90 Å². The first-order chi connectivity index (χ1) is 16.9. The van der Waals surface area contributed by atoms with Crippen molar-refractivity contribution in [2.45, 2.75) is 38.8 Å². The Morgan fingerprint density at radius 2 is 1.71 bits per heavy atom. The molecule has 2 amide bonds. The zero-order valence-electron chi connectivity index (χ0n) is 19.6. The van der Waals surface area contributed by atoms with Gasteiger partial charge in [0.1, 0.15) is 6.04 Å². The number of imide groups is 1. The zero-order chi connectivity index (χ0) is 24.4. The largest absolute Gasteiger partial charge is 0.358 e. The molecule has 2 unspecified atom stereocenters. The van der Waals surface area contributed by atoms with E-state index in [0.717, 1.165) is 39.6 Å². The maximum Gasteiger partial charge on any atom is 0.240 e. The highest BCUT2D eigenvalue weighted by Gasteiger charge is 2.65. The van der Waals surface area contributed by atoms with Crippen molar-refractivity contribution < 1.29 is 14.4 Å². The van der Waals surface area contributed by atoms with Crippen molar-refractivity contribution in [1.82, 2.24) is 4.90 Å². The molecular weight excluding hydrogens is 504 g/mol. The molecule has 0 spiro atoms. The van der Waals surface area contributed by atoms with E-state index in [2.05, 4.69) is 22.0 Å². The Hall–Kier alpha value is -3.25. The van der Waals surface area contributed by atoms with Crippen LogP contribution in [0.5, 0.6) is 0 Å². The molecule has 0 radical (unpaired) electrons. The Kier molecular flexibility index (Phi) is 5.18. The summed E-state index contributed by atoms with van der Waals surface area (Å²) in [5, 5.41) is 0. The number of hydrogen-bond acceptors (Lipinski definition) is 4. The lowest BCUT2D eigenvalue weighted by atomic mass is 9.80. The van der Waals surface area contributed by atoms with E-state index in [0.29, 0.717) is 11.3 Å². The van der Waals surface area contributed by atoms with Gasteiger partial charge in [-0.15, -0.1) is 0 Å². The second kappa shape index (κ2) is 8.16. The summed E-state index contributed by atoms with van der Waals surface area (Å²) in [6.07, 6.45) is 7.85. The number of allylic oxidation sites excluding steroid dienone is 3. The molecule has 0 aromatic heterocycles. The standard InChI is InChI=1S/C29H25BrN2O3/c1-16-11-12-19(15-17(16)2)32-28(34)23-24(29(32)35)26(27(33)18-7-4-3-5-8-18)31-14-13-20-21(25(23)31)9-6-10-22(20)30/h3-5,7-9,11-15,23-26H,6,10H2,1-2H3/t23-,24+,25?,26?/m0/s1. The summed E-state index contributed by atoms with van der Waals surface area (Å²) < 4.78 is 1.10. The first-order valence-electron chi connectivity index (χ1n) is 12.0. The van der Waals surface area contributed by atoms with Crippen LogP contribution in [0.3, 0.4) is 0 Å². The molecule has 6 rings (SSSR count). The fourth-order valence-corrected chi connectivity index (χ4v) is 6.62. The van der Waals surface area contributed by atoms with Crippen LogP contribution in [-0.2, 0) is 9.59 Å². The van der Waals surface area contributed by atoms with Crippen LogP contribution in [0.25, 0.3) is 0 Å². The van der Waals surface area contributed by atoms with Gasteiger partial charge in [0.25, 0.3) is 0 Å². The third-order valence-corrected chi connectivity index (χ3v) is 8.68. The molecule has 2 aromatic rings. The van der Waals surface area contributed by atoms with Crippen LogP contribution >= 0.6 is 15.9 Å². The van der Waals surface area contributed by atoms with E-state index < -0.39 is 17.9 Å². The van der Waals surface area contributed by atoms with E-state index in [9.17, 15) is 14.4 Å². The molecule has 0 bridgehead atoms. The maximum atomic E-state index is 14.0. The van der Waals surface area contributed by atoms with Crippen LogP contribution < -0.4 is 4.90 Å². The number of carbonyl (C=O) groups is 3. The molecule has 1 aliphatic carbocycles. The van der Waals surface area contributed by atoms with Crippen molar-refractivity contribution in [2.75, 3.05) is 4.90 Å². The number of rotatable bonds is 3. The lowest BCUT2D eigenvalue weighted by Crippen LogP contribution is -2.47. The van der Waals surface area contributed by atoms with Gasteiger partial charge in [-0.3, -0.25) is 14.4 Å². The van der Waals surface area contributed by atoms with Gasteiger partial charge < -0.3 is 4.90 Å². The third kappa shape index (κ3) is 3.23. The molecule has 35 heavy (non-hydrogen) atoms. The summed E-state index contributed by atoms with van der Waals surface area (Å²) >= 11 is 3.71. The van der Waals surface area contributed by atoms with Crippen molar-refractivity contribution in [3.8, 4) is 0 Å². The summed E-state index contributed by atoms with van der Waals surface area (Å²) in [7, 11) is 0. The third-order valence-electron chi connectivity index (χ3n) is 7.86. The Labute approximate surface area is 212 Å². The predicted molar refractivity (Wildman–Crippen MR) is 138 cm³/mol. The summed E-state index contributed by atoms with van der Waals surface area (Å²) in [6, 6.07) is 13.6. The molecule has 176 valence electrons. The minimum atomic E-state index is -0.743. The Morgan fingerprint density at radius 3 is 2.46 bits per heavy atom. The van der Waals surface area contributed by atoms with Crippen molar-refractivity contribution in [3.63, 3.8) is 0 Å². The number of nitrogens with zero attached hydrogens (tertiary/aromatic N) is 2. The fraction of sp³-hybridized carbons (Fsp3) is 0.276. The highest BCUT2D eigenvalue weighted by Crippen LogP contribution is 2.51. The first kappa shape index (κ1) is 22.2. The van der Waals surface area contributed by atoms with E-state index in [1.807, 2.05) is 67.4 Å². The monoisotopic (exact) mass is 528 g/mol. The van der Waals surface area contributed by atoms with Crippen molar-refractivity contribution in [3.05, 3.63) is 99.2 Å². The number of aryl methyl sites for hydroxylation is 2. The first-order valence-corrected chi connectivity index (χ1v) is 12.8. The molecule has 2 saturated heterocycles. The fourth-order valence-electron chi connectivity index (χ4n) is 6.03. The number of amides is 2. The van der Waals surface area contributed by atoms with Gasteiger partial charge in [-0.25, -0.2) is 4.90 Å². The van der Waals surface area contributed by atoms with Crippen LogP contribution in [0, 0.1) is 25.7 Å². The van der Waals surface area contributed by atoms with Gasteiger partial charge in [0.2, 0.25) is 11.8 Å². The molecule has 5 nitrogen and oxygen atoms in total. The number of halogens is 1. The smallest absolute Gasteiger partial charge is 0.240 e. The summed E-state index contributed by atoms with van der Waals surface area (Å²) in [5.74, 6) is -2.00. The molecule has 2 aromatic carbocycles. The number of benzene rings is 2. The van der Waals surface area contributed by atoms with Gasteiger partial charge in [0, 0.05) is 16.2 Å². The molecule has 0 saturated carbocycles. The molecule has 4 aliphatic rings. The summed E-state index contributed by atoms with van der Waals surface area (Å²) in [5.41, 5.74) is 5.34. The van der Waals surface area contributed by atoms with E-state index in [-0.39, 0.29) is 23.6 Å². The van der Waals surface area contributed by atoms with E-state index in [4.69, 9.17) is 0 Å². The SMILES string of the molecule is Cc1ccc(N2C(=O)[C@@H]3C4C5=CCCC(Br)=C5C=CN4C(C(=O)c4ccccc4)[C@@H]3C2=O)cc1C. The molecule has 4 atom stereocenters. The minimum Gasteiger partial charge on any atom is -0.358 e. The Morgan fingerprint density at radius 1 is 0.971 bits per heavy atom. The van der Waals surface area contributed by atoms with Crippen molar-refractivity contribution in [2.24, 2.45) is 11.8 Å². The number of anilines is 1. The van der Waals surface area contributed by atoms with Gasteiger partial charge in [-0.1, -0.05) is 58.4 Å². The summed E-state index contributed by atoms with van der Waals surface area (Å²) in [6.45, 7) is 3.98. The van der Waals surface area contributed by atoms with Crippen LogP contribution in [0.1, 0.15) is 34.3 Å². The highest BCUT2D eigenvalue weighted by atomic mass is 79.9. The Bertz CT molecular complexity index is 1370. The van der Waals surface area contributed by atoms with Gasteiger partial charge in [-0.2, -0.15) is 0 Å². The minimum absolute atomic E-state index is 0.126. The van der Waals surface area contributed by atoms with Crippen molar-refractivity contribution in [1.29, 1.82) is 0 Å². The van der Waals surface area contributed by atoms with Crippen LogP contribution in [-0.4, -0.2) is 34.6 Å². The van der Waals surface area contributed by atoms with Gasteiger partial charge in [0.15, 0.2) is 5.78 Å². The average molecular weight is 529 g/mol. The summed E-state index contributed by atoms with van der Waals surface area (Å²) in [4.78, 5) is 45.1. The number of fused-ring (bicyclic) bond motifs is 5. The second-order valence-corrected chi connectivity index (χ2v) is 10.7. The molecule has 0 N–H and O–H groups in total. The van der Waals surface area contributed by atoms with Gasteiger partial charge in [0.05, 0.1) is 23.6 Å². The lowest BCUT2D eigenvalue weighted by molar-refractivity contribution is -0.123. The highest BCUT2D eigenvalue weighted by molar-refractivity contribution is 9.11. The average Bonchev–Trinajstić information content (AvgIpc) is 3.34. The number of carbonyl (C=O) groups excluding carboxylic acids is 3. The van der Waals surface area contributed by atoms with Crippen LogP contribution in [0.4, 0.5) is 5.69 Å².